The smallest absolute Gasteiger partial charge is 0.391 e. The lowest BCUT2D eigenvalue weighted by Crippen LogP contribution is -2.44. The molecule has 0 aliphatic heterocycles. The second-order valence-electron chi connectivity index (χ2n) is 4.75. The number of thiophene rings is 1. The monoisotopic (exact) mass is 352 g/mol. The van der Waals surface area contributed by atoms with Crippen LogP contribution in [0.5, 0.6) is 0 Å². The number of carbonyl (C=O) groups is 3. The summed E-state index contributed by atoms with van der Waals surface area (Å²) in [5.74, 6) is -3.09. The number of carbonyl (C=O) groups excluding carboxylic acids is 2. The van der Waals surface area contributed by atoms with Crippen LogP contribution in [0.1, 0.15) is 30.7 Å². The Morgan fingerprint density at radius 1 is 1.30 bits per heavy atom. The van der Waals surface area contributed by atoms with Crippen LogP contribution in [0.25, 0.3) is 0 Å². The molecule has 1 heterocycles. The zero-order valence-electron chi connectivity index (χ0n) is 12.0. The van der Waals surface area contributed by atoms with E-state index in [2.05, 4.69) is 5.32 Å². The minimum Gasteiger partial charge on any atom is -0.480 e. The first kappa shape index (κ1) is 18.9. The van der Waals surface area contributed by atoms with Gasteiger partial charge in [-0.1, -0.05) is 6.07 Å². The van der Waals surface area contributed by atoms with E-state index in [-0.39, 0.29) is 6.42 Å². The van der Waals surface area contributed by atoms with E-state index >= 15 is 0 Å². The van der Waals surface area contributed by atoms with Gasteiger partial charge < -0.3 is 15.7 Å². The minimum absolute atomic E-state index is 0.359. The zero-order chi connectivity index (χ0) is 17.6. The Hall–Kier alpha value is -2.10. The number of rotatable bonds is 7. The van der Waals surface area contributed by atoms with Crippen LogP contribution in [0.15, 0.2) is 17.5 Å². The van der Waals surface area contributed by atoms with Gasteiger partial charge in [-0.15, -0.1) is 11.3 Å². The van der Waals surface area contributed by atoms with E-state index in [9.17, 15) is 27.6 Å². The summed E-state index contributed by atoms with van der Waals surface area (Å²) in [5.41, 5.74) is 0. The van der Waals surface area contributed by atoms with E-state index < -0.39 is 42.5 Å². The summed E-state index contributed by atoms with van der Waals surface area (Å²) in [6.45, 7) is 1.24. The van der Waals surface area contributed by atoms with Crippen LogP contribution >= 0.6 is 11.3 Å². The van der Waals surface area contributed by atoms with Crippen molar-refractivity contribution in [1.82, 2.24) is 10.6 Å². The van der Waals surface area contributed by atoms with Gasteiger partial charge in [-0.2, -0.15) is 13.2 Å². The quantitative estimate of drug-likeness (QED) is 0.698. The Labute approximate surface area is 133 Å². The van der Waals surface area contributed by atoms with Gasteiger partial charge in [0.2, 0.25) is 11.8 Å². The summed E-state index contributed by atoms with van der Waals surface area (Å²) < 4.78 is 36.9. The number of aliphatic carboxylic acids is 1. The summed E-state index contributed by atoms with van der Waals surface area (Å²) in [7, 11) is 0. The number of nitrogens with one attached hydrogen (secondary N) is 2. The first-order valence-electron chi connectivity index (χ1n) is 6.48. The second-order valence-corrected chi connectivity index (χ2v) is 5.73. The van der Waals surface area contributed by atoms with E-state index in [4.69, 9.17) is 5.11 Å². The molecule has 0 saturated carbocycles. The number of hydrogen-bond donors (Lipinski definition) is 3. The third-order valence-electron chi connectivity index (χ3n) is 2.72. The van der Waals surface area contributed by atoms with E-state index in [1.54, 1.807) is 17.5 Å². The molecule has 1 aromatic heterocycles. The fraction of sp³-hybridized carbons (Fsp3) is 0.462. The van der Waals surface area contributed by atoms with E-state index in [0.717, 1.165) is 0 Å². The molecule has 0 aliphatic rings. The van der Waals surface area contributed by atoms with Crippen LogP contribution in [-0.2, 0) is 14.4 Å². The van der Waals surface area contributed by atoms with Crippen molar-refractivity contribution in [2.24, 2.45) is 0 Å². The highest BCUT2D eigenvalue weighted by atomic mass is 32.1. The van der Waals surface area contributed by atoms with Crippen LogP contribution in [-0.4, -0.2) is 35.1 Å². The highest BCUT2D eigenvalue weighted by Gasteiger charge is 2.36. The molecule has 0 aliphatic carbocycles. The number of carboxylic acids is 1. The summed E-state index contributed by atoms with van der Waals surface area (Å²) >= 11 is 1.26. The molecule has 6 nitrogen and oxygen atoms in total. The highest BCUT2D eigenvalue weighted by Crippen LogP contribution is 2.24. The van der Waals surface area contributed by atoms with Gasteiger partial charge in [0, 0.05) is 11.8 Å². The van der Waals surface area contributed by atoms with Crippen molar-refractivity contribution in [2.45, 2.75) is 38.0 Å². The molecule has 0 radical (unpaired) electrons. The maximum atomic E-state index is 12.3. The van der Waals surface area contributed by atoms with Gasteiger partial charge in [0.05, 0.1) is 18.9 Å². The molecule has 10 heteroatoms. The van der Waals surface area contributed by atoms with Gasteiger partial charge in [-0.3, -0.25) is 9.59 Å². The Morgan fingerprint density at radius 3 is 2.39 bits per heavy atom. The molecule has 0 fully saturated rings. The van der Waals surface area contributed by atoms with Crippen LogP contribution in [0.4, 0.5) is 13.2 Å². The summed E-state index contributed by atoms with van der Waals surface area (Å²) in [6, 6.07) is 0.552. The Kier molecular flexibility index (Phi) is 6.55. The average Bonchev–Trinajstić information content (AvgIpc) is 2.88. The maximum Gasteiger partial charge on any atom is 0.391 e. The molecule has 0 saturated heterocycles. The molecule has 2 atom stereocenters. The fourth-order valence-electron chi connectivity index (χ4n) is 1.83. The van der Waals surface area contributed by atoms with Crippen molar-refractivity contribution in [3.63, 3.8) is 0 Å². The lowest BCUT2D eigenvalue weighted by Gasteiger charge is -2.19. The van der Waals surface area contributed by atoms with Gasteiger partial charge in [0.1, 0.15) is 6.04 Å². The third kappa shape index (κ3) is 7.13. The number of halogens is 3. The lowest BCUT2D eigenvalue weighted by atomic mass is 10.1. The molecule has 0 bridgehead atoms. The number of carboxylic acid groups (broad SMARTS) is 1. The van der Waals surface area contributed by atoms with E-state index in [1.165, 1.54) is 18.3 Å². The topological polar surface area (TPSA) is 95.5 Å². The van der Waals surface area contributed by atoms with Crippen LogP contribution < -0.4 is 10.6 Å². The maximum absolute atomic E-state index is 12.3. The van der Waals surface area contributed by atoms with Gasteiger partial charge in [-0.25, -0.2) is 4.79 Å². The molecule has 1 rings (SSSR count). The summed E-state index contributed by atoms with van der Waals surface area (Å²) in [6.07, 6.45) is -6.75. The first-order valence-corrected chi connectivity index (χ1v) is 7.36. The number of alkyl halides is 3. The predicted octanol–water partition coefficient (Wildman–Crippen LogP) is 1.84. The van der Waals surface area contributed by atoms with Crippen LogP contribution in [0, 0.1) is 0 Å². The number of amides is 2. The Morgan fingerprint density at radius 2 is 1.96 bits per heavy atom. The van der Waals surface area contributed by atoms with Crippen molar-refractivity contribution < 1.29 is 32.7 Å². The molecule has 0 aromatic carbocycles. The van der Waals surface area contributed by atoms with Crippen molar-refractivity contribution >= 4 is 29.1 Å². The molecule has 3 N–H and O–H groups in total. The molecule has 23 heavy (non-hydrogen) atoms. The van der Waals surface area contributed by atoms with Crippen molar-refractivity contribution in [1.29, 1.82) is 0 Å². The van der Waals surface area contributed by atoms with Crippen LogP contribution in [0.2, 0.25) is 0 Å². The van der Waals surface area contributed by atoms with Crippen molar-refractivity contribution in [3.05, 3.63) is 22.4 Å². The summed E-state index contributed by atoms with van der Waals surface area (Å²) in [5, 5.41) is 14.8. The van der Waals surface area contributed by atoms with Crippen molar-refractivity contribution in [2.75, 3.05) is 0 Å². The van der Waals surface area contributed by atoms with E-state index in [1.807, 2.05) is 5.32 Å². The SMILES string of the molecule is CC(=O)NC(CC(=O)NC(CC(F)(F)F)C(=O)O)c1cccs1. The standard InChI is InChI=1S/C13H15F3N2O4S/c1-7(19)17-8(10-3-2-4-23-10)5-11(20)18-9(12(21)22)6-13(14,15)16/h2-4,8-9H,5-6H2,1H3,(H,17,19)(H,18,20)(H,21,22). The third-order valence-corrected chi connectivity index (χ3v) is 3.71. The molecule has 2 amide bonds. The van der Waals surface area contributed by atoms with Crippen LogP contribution in [0.3, 0.4) is 0 Å². The second kappa shape index (κ2) is 7.95. The zero-order valence-corrected chi connectivity index (χ0v) is 12.8. The Bertz CT molecular complexity index is 560. The predicted molar refractivity (Wildman–Crippen MR) is 75.7 cm³/mol. The van der Waals surface area contributed by atoms with Gasteiger partial charge in [-0.05, 0) is 11.4 Å². The normalized spacial score (nSPS) is 13.9. The van der Waals surface area contributed by atoms with E-state index in [0.29, 0.717) is 4.88 Å². The van der Waals surface area contributed by atoms with Crippen molar-refractivity contribution in [3.8, 4) is 0 Å². The first-order chi connectivity index (χ1) is 10.6. The molecule has 2 unspecified atom stereocenters. The molecular formula is C13H15F3N2O4S. The molecule has 0 spiro atoms. The average molecular weight is 352 g/mol. The Balaban J connectivity index is 2.74. The number of hydrogen-bond acceptors (Lipinski definition) is 4. The fourth-order valence-corrected chi connectivity index (χ4v) is 2.61. The lowest BCUT2D eigenvalue weighted by molar-refractivity contribution is -0.160. The minimum atomic E-state index is -4.72. The van der Waals surface area contributed by atoms with Gasteiger partial charge >= 0.3 is 12.1 Å². The largest absolute Gasteiger partial charge is 0.480 e. The van der Waals surface area contributed by atoms with Gasteiger partial charge in [0.15, 0.2) is 0 Å². The molecule has 1 aromatic rings. The molecular weight excluding hydrogens is 337 g/mol. The highest BCUT2D eigenvalue weighted by molar-refractivity contribution is 7.10. The van der Waals surface area contributed by atoms with Gasteiger partial charge in [0.25, 0.3) is 0 Å². The molecule has 128 valence electrons. The summed E-state index contributed by atoms with van der Waals surface area (Å²) in [4.78, 5) is 34.5.